The van der Waals surface area contributed by atoms with Gasteiger partial charge in [0.15, 0.2) is 0 Å². The Kier molecular flexibility index (Phi) is 3.50. The number of amides is 1. The number of nitrogens with zero attached hydrogens (tertiary/aromatic N) is 1. The lowest BCUT2D eigenvalue weighted by atomic mass is 10.1. The molecule has 5 heteroatoms. The smallest absolute Gasteiger partial charge is 0.328 e. The molecule has 1 amide bonds. The quantitative estimate of drug-likeness (QED) is 0.799. The Bertz CT molecular complexity index is 472. The molecule has 1 aromatic carbocycles. The first-order valence-electron chi connectivity index (χ1n) is 5.82. The van der Waals surface area contributed by atoms with Crippen LogP contribution in [0, 0.1) is 0 Å². The third-order valence-electron chi connectivity index (χ3n) is 3.12. The molecule has 0 aliphatic carbocycles. The summed E-state index contributed by atoms with van der Waals surface area (Å²) in [4.78, 5) is 25.3. The molecule has 0 radical (unpaired) electrons. The summed E-state index contributed by atoms with van der Waals surface area (Å²) in [6.45, 7) is 0.507. The number of carbonyl (C=O) groups is 2. The Balaban J connectivity index is 2.23. The molecule has 0 aromatic heterocycles. The lowest BCUT2D eigenvalue weighted by Crippen LogP contribution is -2.41. The van der Waals surface area contributed by atoms with E-state index in [-0.39, 0.29) is 17.2 Å². The number of likely N-dealkylation sites (tertiary alicyclic amines) is 1. The highest BCUT2D eigenvalue weighted by Crippen LogP contribution is 2.24. The molecule has 1 aliphatic heterocycles. The van der Waals surface area contributed by atoms with Gasteiger partial charge in [0.1, 0.15) is 11.8 Å². The molecule has 1 heterocycles. The molecular weight excluding hydrogens is 234 g/mol. The number of phenols is 1. The number of ether oxygens (including phenoxy) is 1. The number of para-hydroxylation sites is 1. The van der Waals surface area contributed by atoms with E-state index in [2.05, 4.69) is 4.74 Å². The van der Waals surface area contributed by atoms with E-state index in [0.29, 0.717) is 13.0 Å². The first-order valence-corrected chi connectivity index (χ1v) is 5.82. The fraction of sp³-hybridized carbons (Fsp3) is 0.385. The maximum Gasteiger partial charge on any atom is 0.328 e. The lowest BCUT2D eigenvalue weighted by Gasteiger charge is -2.22. The fourth-order valence-electron chi connectivity index (χ4n) is 2.20. The van der Waals surface area contributed by atoms with Crippen LogP contribution in [0.3, 0.4) is 0 Å². The van der Waals surface area contributed by atoms with Crippen molar-refractivity contribution in [2.24, 2.45) is 0 Å². The number of benzene rings is 1. The Morgan fingerprint density at radius 2 is 2.11 bits per heavy atom. The normalized spacial score (nSPS) is 18.7. The third-order valence-corrected chi connectivity index (χ3v) is 3.12. The van der Waals surface area contributed by atoms with Crippen LogP contribution in [-0.2, 0) is 9.53 Å². The van der Waals surface area contributed by atoms with E-state index < -0.39 is 12.0 Å². The van der Waals surface area contributed by atoms with Crippen LogP contribution in [0.25, 0.3) is 0 Å². The SMILES string of the molecule is COC(=O)C1CCCN1C(=O)c1ccccc1O. The van der Waals surface area contributed by atoms with Crippen LogP contribution in [0.2, 0.25) is 0 Å². The van der Waals surface area contributed by atoms with Crippen molar-refractivity contribution in [1.82, 2.24) is 4.90 Å². The van der Waals surface area contributed by atoms with E-state index in [4.69, 9.17) is 0 Å². The monoisotopic (exact) mass is 249 g/mol. The molecule has 2 rings (SSSR count). The van der Waals surface area contributed by atoms with Crippen molar-refractivity contribution in [3.63, 3.8) is 0 Å². The average molecular weight is 249 g/mol. The summed E-state index contributed by atoms with van der Waals surface area (Å²) in [5, 5.41) is 9.66. The van der Waals surface area contributed by atoms with E-state index in [1.54, 1.807) is 18.2 Å². The molecular formula is C13H15NO4. The van der Waals surface area contributed by atoms with E-state index >= 15 is 0 Å². The molecule has 96 valence electrons. The van der Waals surface area contributed by atoms with Gasteiger partial charge < -0.3 is 14.7 Å². The van der Waals surface area contributed by atoms with Crippen molar-refractivity contribution >= 4 is 11.9 Å². The van der Waals surface area contributed by atoms with Gasteiger partial charge in [0.2, 0.25) is 0 Å². The number of rotatable bonds is 2. The number of hydrogen-bond acceptors (Lipinski definition) is 4. The lowest BCUT2D eigenvalue weighted by molar-refractivity contribution is -0.145. The van der Waals surface area contributed by atoms with Gasteiger partial charge in [0, 0.05) is 6.54 Å². The van der Waals surface area contributed by atoms with E-state index in [1.165, 1.54) is 18.1 Å². The van der Waals surface area contributed by atoms with Gasteiger partial charge in [-0.3, -0.25) is 4.79 Å². The van der Waals surface area contributed by atoms with Crippen LogP contribution in [0.1, 0.15) is 23.2 Å². The Hall–Kier alpha value is -2.04. The minimum atomic E-state index is -0.540. The largest absolute Gasteiger partial charge is 0.507 e. The van der Waals surface area contributed by atoms with Crippen LogP contribution in [0.4, 0.5) is 0 Å². The molecule has 1 fully saturated rings. The van der Waals surface area contributed by atoms with Gasteiger partial charge in [-0.05, 0) is 25.0 Å². The second-order valence-corrected chi connectivity index (χ2v) is 4.20. The number of carbonyl (C=O) groups excluding carboxylic acids is 2. The number of hydrogen-bond donors (Lipinski definition) is 1. The second kappa shape index (κ2) is 5.08. The summed E-state index contributed by atoms with van der Waals surface area (Å²) < 4.78 is 4.69. The van der Waals surface area contributed by atoms with Crippen molar-refractivity contribution in [3.8, 4) is 5.75 Å². The predicted molar refractivity (Wildman–Crippen MR) is 64.2 cm³/mol. The minimum Gasteiger partial charge on any atom is -0.507 e. The molecule has 1 N–H and O–H groups in total. The summed E-state index contributed by atoms with van der Waals surface area (Å²) >= 11 is 0. The van der Waals surface area contributed by atoms with Gasteiger partial charge in [0.05, 0.1) is 12.7 Å². The molecule has 1 unspecified atom stereocenters. The highest BCUT2D eigenvalue weighted by atomic mass is 16.5. The molecule has 1 aliphatic rings. The van der Waals surface area contributed by atoms with Crippen molar-refractivity contribution in [2.45, 2.75) is 18.9 Å². The Morgan fingerprint density at radius 1 is 1.39 bits per heavy atom. The molecule has 1 atom stereocenters. The van der Waals surface area contributed by atoms with Gasteiger partial charge in [-0.2, -0.15) is 0 Å². The maximum absolute atomic E-state index is 12.3. The van der Waals surface area contributed by atoms with Crippen molar-refractivity contribution in [1.29, 1.82) is 0 Å². The third kappa shape index (κ3) is 2.16. The average Bonchev–Trinajstić information content (AvgIpc) is 2.86. The topological polar surface area (TPSA) is 66.8 Å². The van der Waals surface area contributed by atoms with Crippen molar-refractivity contribution < 1.29 is 19.4 Å². The van der Waals surface area contributed by atoms with Crippen molar-refractivity contribution in [3.05, 3.63) is 29.8 Å². The molecule has 0 bridgehead atoms. The first kappa shape index (κ1) is 12.4. The number of esters is 1. The minimum absolute atomic E-state index is 0.0713. The molecule has 1 aromatic rings. The zero-order valence-electron chi connectivity index (χ0n) is 10.1. The van der Waals surface area contributed by atoms with Gasteiger partial charge in [-0.25, -0.2) is 4.79 Å². The summed E-state index contributed by atoms with van der Waals surface area (Å²) in [7, 11) is 1.31. The number of aromatic hydroxyl groups is 1. The van der Waals surface area contributed by atoms with E-state index in [0.717, 1.165) is 6.42 Å². The zero-order chi connectivity index (χ0) is 13.1. The zero-order valence-corrected chi connectivity index (χ0v) is 10.1. The molecule has 0 spiro atoms. The second-order valence-electron chi connectivity index (χ2n) is 4.20. The molecule has 1 saturated heterocycles. The Labute approximate surface area is 105 Å². The first-order chi connectivity index (χ1) is 8.65. The van der Waals surface area contributed by atoms with E-state index in [1.807, 2.05) is 0 Å². The van der Waals surface area contributed by atoms with Gasteiger partial charge in [-0.15, -0.1) is 0 Å². The van der Waals surface area contributed by atoms with Crippen LogP contribution >= 0.6 is 0 Å². The number of phenolic OH excluding ortho intramolecular Hbond substituents is 1. The highest BCUT2D eigenvalue weighted by Gasteiger charge is 2.35. The summed E-state index contributed by atoms with van der Waals surface area (Å²) in [6.07, 6.45) is 1.37. The van der Waals surface area contributed by atoms with Crippen LogP contribution in [0.15, 0.2) is 24.3 Å². The summed E-state index contributed by atoms with van der Waals surface area (Å²) in [5.41, 5.74) is 0.216. The molecule has 5 nitrogen and oxygen atoms in total. The number of methoxy groups -OCH3 is 1. The Morgan fingerprint density at radius 3 is 2.78 bits per heavy atom. The molecule has 0 saturated carbocycles. The van der Waals surface area contributed by atoms with Gasteiger partial charge >= 0.3 is 5.97 Å². The summed E-state index contributed by atoms with van der Waals surface area (Å²) in [5.74, 6) is -0.810. The van der Waals surface area contributed by atoms with Gasteiger partial charge in [-0.1, -0.05) is 12.1 Å². The summed E-state index contributed by atoms with van der Waals surface area (Å²) in [6, 6.07) is 5.78. The maximum atomic E-state index is 12.3. The van der Waals surface area contributed by atoms with Crippen molar-refractivity contribution in [2.75, 3.05) is 13.7 Å². The standard InChI is InChI=1S/C13H15NO4/c1-18-13(17)10-6-4-8-14(10)12(16)9-5-2-3-7-11(9)15/h2-3,5,7,10,15H,4,6,8H2,1H3. The fourth-order valence-corrected chi connectivity index (χ4v) is 2.20. The van der Waals surface area contributed by atoms with Crippen LogP contribution < -0.4 is 0 Å². The van der Waals surface area contributed by atoms with Crippen LogP contribution in [0.5, 0.6) is 5.75 Å². The highest BCUT2D eigenvalue weighted by molar-refractivity contribution is 5.99. The molecule has 18 heavy (non-hydrogen) atoms. The predicted octanol–water partition coefficient (Wildman–Crippen LogP) is 1.17. The van der Waals surface area contributed by atoms with Gasteiger partial charge in [0.25, 0.3) is 5.91 Å². The van der Waals surface area contributed by atoms with E-state index in [9.17, 15) is 14.7 Å². The van der Waals surface area contributed by atoms with Crippen LogP contribution in [-0.4, -0.2) is 41.6 Å².